The van der Waals surface area contributed by atoms with Crippen molar-refractivity contribution in [2.75, 3.05) is 35.6 Å². The van der Waals surface area contributed by atoms with Crippen molar-refractivity contribution in [3.8, 4) is 0 Å². The van der Waals surface area contributed by atoms with E-state index < -0.39 is 10.0 Å². The highest BCUT2D eigenvalue weighted by Crippen LogP contribution is 2.42. The molecule has 4 heterocycles. The van der Waals surface area contributed by atoms with Crippen LogP contribution in [0, 0.1) is 18.6 Å². The summed E-state index contributed by atoms with van der Waals surface area (Å²) in [6.45, 7) is 6.21. The van der Waals surface area contributed by atoms with Crippen LogP contribution in [0.1, 0.15) is 75.1 Å². The summed E-state index contributed by atoms with van der Waals surface area (Å²) in [5.41, 5.74) is 3.18. The van der Waals surface area contributed by atoms with Crippen LogP contribution < -0.4 is 10.2 Å². The third-order valence-corrected chi connectivity index (χ3v) is 11.7. The zero-order valence-corrected chi connectivity index (χ0v) is 27.5. The van der Waals surface area contributed by atoms with Crippen LogP contribution in [-0.2, 0) is 23.0 Å². The fourth-order valence-corrected chi connectivity index (χ4v) is 9.22. The van der Waals surface area contributed by atoms with Gasteiger partial charge >= 0.3 is 6.03 Å². The fourth-order valence-electron chi connectivity index (χ4n) is 7.62. The lowest BCUT2D eigenvalue weighted by molar-refractivity contribution is 0.104. The van der Waals surface area contributed by atoms with Gasteiger partial charge in [-0.1, -0.05) is 13.3 Å². The Morgan fingerprint density at radius 3 is 2.28 bits per heavy atom. The minimum atomic E-state index is -3.27. The van der Waals surface area contributed by atoms with E-state index in [-0.39, 0.29) is 23.4 Å². The van der Waals surface area contributed by atoms with Crippen LogP contribution in [0.15, 0.2) is 48.5 Å². The van der Waals surface area contributed by atoms with Gasteiger partial charge in [-0.15, -0.1) is 0 Å². The number of benzene rings is 2. The summed E-state index contributed by atoms with van der Waals surface area (Å²) in [5.74, 6) is 0.416. The molecule has 3 atom stereocenters. The molecule has 0 radical (unpaired) electrons. The van der Waals surface area contributed by atoms with Gasteiger partial charge in [-0.05, 0) is 94.0 Å². The number of aryl methyl sites for hydroxylation is 1. The molecule has 0 aliphatic carbocycles. The molecule has 2 aromatic carbocycles. The monoisotopic (exact) mass is 654 g/mol. The van der Waals surface area contributed by atoms with Gasteiger partial charge in [0, 0.05) is 61.2 Å². The van der Waals surface area contributed by atoms with Crippen LogP contribution >= 0.6 is 0 Å². The smallest absolute Gasteiger partial charge is 0.326 e. The average molecular weight is 655 g/mol. The molecule has 6 rings (SSSR count). The number of rotatable bonds is 11. The number of imidazole rings is 1. The van der Waals surface area contributed by atoms with Crippen molar-refractivity contribution in [3.05, 3.63) is 77.4 Å². The molecule has 9 nitrogen and oxygen atoms in total. The molecule has 1 N–H and O–H groups in total. The molecule has 2 bridgehead atoms. The topological polar surface area (TPSA) is 90.8 Å². The van der Waals surface area contributed by atoms with Crippen molar-refractivity contribution in [2.24, 2.45) is 0 Å². The predicted octanol–water partition coefficient (Wildman–Crippen LogP) is 6.25. The van der Waals surface area contributed by atoms with E-state index in [0.717, 1.165) is 56.6 Å². The maximum absolute atomic E-state index is 13.7. The fraction of sp³-hybridized carbons (Fsp3) is 0.529. The first kappa shape index (κ1) is 32.6. The van der Waals surface area contributed by atoms with Gasteiger partial charge in [0.25, 0.3) is 0 Å². The molecular formula is C34H44F2N6O3S. The van der Waals surface area contributed by atoms with Gasteiger partial charge in [0.2, 0.25) is 10.0 Å². The Hall–Kier alpha value is -3.35. The molecule has 248 valence electrons. The number of hydrogen-bond acceptors (Lipinski definition) is 5. The Balaban J connectivity index is 1.09. The molecule has 1 unspecified atom stereocenters. The van der Waals surface area contributed by atoms with E-state index in [4.69, 9.17) is 4.98 Å². The number of nitrogens with one attached hydrogen (secondary N) is 1. The van der Waals surface area contributed by atoms with Crippen LogP contribution in [0.3, 0.4) is 0 Å². The number of aromatic nitrogens is 2. The molecule has 2 saturated heterocycles. The standard InChI is InChI=1S/C34H44F2N6O3S/c1-3-4-20-46(44,45)39-19-16-33-32(23-39)37-24(2)42(33)31-21-29-14-15-30(22-31)40(29)17-5-18-41(28-12-8-26(36)9-13-28)34(43)38-27-10-6-25(35)7-11-27/h6-13,29-31H,3-5,14-23H2,1-2H3,(H,38,43)/t29-,30+,31?. The molecule has 3 aliphatic heterocycles. The number of anilines is 2. The van der Waals surface area contributed by atoms with Gasteiger partial charge in [0.05, 0.1) is 18.0 Å². The first-order chi connectivity index (χ1) is 22.1. The largest absolute Gasteiger partial charge is 0.329 e. The number of carbonyl (C=O) groups is 1. The van der Waals surface area contributed by atoms with Gasteiger partial charge < -0.3 is 9.88 Å². The quantitative estimate of drug-likeness (QED) is 0.264. The SMILES string of the molecule is CCCCS(=O)(=O)N1CCc2c(nc(C)n2C2C[C@H]3CC[C@@H](C2)N3CCCN(C(=O)Nc2ccc(F)cc2)c2ccc(F)cc2)C1. The zero-order chi connectivity index (χ0) is 32.4. The number of hydrogen-bond donors (Lipinski definition) is 1. The van der Waals surface area contributed by atoms with Crippen molar-refractivity contribution < 1.29 is 22.0 Å². The summed E-state index contributed by atoms with van der Waals surface area (Å²) in [7, 11) is -3.27. The highest BCUT2D eigenvalue weighted by molar-refractivity contribution is 7.89. The lowest BCUT2D eigenvalue weighted by Gasteiger charge is -2.41. The first-order valence-corrected chi connectivity index (χ1v) is 18.1. The maximum atomic E-state index is 13.7. The molecule has 12 heteroatoms. The molecule has 2 amide bonds. The van der Waals surface area contributed by atoms with Crippen LogP contribution in [0.4, 0.5) is 25.0 Å². The van der Waals surface area contributed by atoms with Gasteiger partial charge in [-0.25, -0.2) is 27.0 Å². The van der Waals surface area contributed by atoms with E-state index in [1.165, 1.54) is 42.1 Å². The van der Waals surface area contributed by atoms with Crippen molar-refractivity contribution in [1.82, 2.24) is 18.8 Å². The maximum Gasteiger partial charge on any atom is 0.326 e. The van der Waals surface area contributed by atoms with Crippen LogP contribution in [0.2, 0.25) is 0 Å². The van der Waals surface area contributed by atoms with Crippen molar-refractivity contribution >= 4 is 27.4 Å². The summed E-state index contributed by atoms with van der Waals surface area (Å²) < 4.78 is 56.8. The minimum Gasteiger partial charge on any atom is -0.329 e. The van der Waals surface area contributed by atoms with Crippen LogP contribution in [0.5, 0.6) is 0 Å². The number of amides is 2. The first-order valence-electron chi connectivity index (χ1n) is 16.5. The number of urea groups is 1. The molecule has 2 fully saturated rings. The Kier molecular flexibility index (Phi) is 9.77. The van der Waals surface area contributed by atoms with Crippen molar-refractivity contribution in [3.63, 3.8) is 0 Å². The molecule has 1 aromatic heterocycles. The summed E-state index contributed by atoms with van der Waals surface area (Å²) in [5, 5.41) is 2.84. The Morgan fingerprint density at radius 2 is 1.63 bits per heavy atom. The number of sulfonamides is 1. The summed E-state index contributed by atoms with van der Waals surface area (Å²) in [6, 6.07) is 12.4. The van der Waals surface area contributed by atoms with Crippen LogP contribution in [0.25, 0.3) is 0 Å². The average Bonchev–Trinajstić information content (AvgIpc) is 3.49. The highest BCUT2D eigenvalue weighted by atomic mass is 32.2. The lowest BCUT2D eigenvalue weighted by Crippen LogP contribution is -2.45. The van der Waals surface area contributed by atoms with E-state index >= 15 is 0 Å². The summed E-state index contributed by atoms with van der Waals surface area (Å²) in [6.07, 6.45) is 7.27. The normalized spacial score (nSPS) is 21.7. The van der Waals surface area contributed by atoms with Gasteiger partial charge in [-0.2, -0.15) is 4.31 Å². The molecular weight excluding hydrogens is 610 g/mol. The second-order valence-electron chi connectivity index (χ2n) is 12.8. The van der Waals surface area contributed by atoms with Crippen molar-refractivity contribution in [2.45, 2.75) is 89.9 Å². The zero-order valence-electron chi connectivity index (χ0n) is 26.7. The van der Waals surface area contributed by atoms with Gasteiger partial charge in [-0.3, -0.25) is 9.80 Å². The number of fused-ring (bicyclic) bond motifs is 3. The van der Waals surface area contributed by atoms with E-state index in [0.29, 0.717) is 62.0 Å². The van der Waals surface area contributed by atoms with E-state index in [1.807, 2.05) is 13.8 Å². The Labute approximate surface area is 270 Å². The van der Waals surface area contributed by atoms with E-state index in [2.05, 4.69) is 14.8 Å². The summed E-state index contributed by atoms with van der Waals surface area (Å²) in [4.78, 5) is 22.4. The predicted molar refractivity (Wildman–Crippen MR) is 175 cm³/mol. The van der Waals surface area contributed by atoms with Gasteiger partial charge in [0.1, 0.15) is 17.5 Å². The summed E-state index contributed by atoms with van der Waals surface area (Å²) >= 11 is 0. The Morgan fingerprint density at radius 1 is 0.978 bits per heavy atom. The highest BCUT2D eigenvalue weighted by Gasteiger charge is 2.42. The molecule has 0 spiro atoms. The van der Waals surface area contributed by atoms with Crippen LogP contribution in [-0.4, -0.2) is 70.7 Å². The second kappa shape index (κ2) is 13.8. The van der Waals surface area contributed by atoms with E-state index in [9.17, 15) is 22.0 Å². The lowest BCUT2D eigenvalue weighted by atomic mass is 9.96. The number of nitrogens with zero attached hydrogens (tertiary/aromatic N) is 5. The number of carbonyl (C=O) groups excluding carboxylic acids is 1. The number of piperidine rings is 1. The van der Waals surface area contributed by atoms with E-state index in [1.54, 1.807) is 21.3 Å². The molecule has 3 aliphatic rings. The third kappa shape index (κ3) is 6.99. The second-order valence-corrected chi connectivity index (χ2v) is 14.9. The van der Waals surface area contributed by atoms with Crippen molar-refractivity contribution in [1.29, 1.82) is 0 Å². The number of unbranched alkanes of at least 4 members (excludes halogenated alkanes) is 1. The molecule has 3 aromatic rings. The molecule has 46 heavy (non-hydrogen) atoms. The third-order valence-electron chi connectivity index (χ3n) is 9.84. The minimum absolute atomic E-state index is 0.195. The van der Waals surface area contributed by atoms with Gasteiger partial charge in [0.15, 0.2) is 0 Å². The Bertz CT molecular complexity index is 1620. The molecule has 0 saturated carbocycles. The number of halogens is 2.